The molecule has 154 valence electrons. The Morgan fingerprint density at radius 2 is 1.45 bits per heavy atom. The molecule has 0 saturated heterocycles. The lowest BCUT2D eigenvalue weighted by molar-refractivity contribution is 0.121. The van der Waals surface area contributed by atoms with Crippen LogP contribution in [0.3, 0.4) is 0 Å². The van der Waals surface area contributed by atoms with Gasteiger partial charge in [0.1, 0.15) is 11.8 Å². The van der Waals surface area contributed by atoms with Crippen molar-refractivity contribution in [1.82, 2.24) is 14.3 Å². The van der Waals surface area contributed by atoms with E-state index in [0.717, 1.165) is 22.2 Å². The lowest BCUT2D eigenvalue weighted by Crippen LogP contribution is -2.27. The third-order valence-electron chi connectivity index (χ3n) is 5.44. The van der Waals surface area contributed by atoms with E-state index in [2.05, 4.69) is 5.16 Å². The van der Waals surface area contributed by atoms with Crippen LogP contribution in [0, 0.1) is 5.41 Å². The lowest BCUT2D eigenvalue weighted by Gasteiger charge is -2.09. The Morgan fingerprint density at radius 3 is 2.16 bits per heavy atom. The smallest absolute Gasteiger partial charge is 0.203 e. The molecule has 2 aromatic heterocycles. The van der Waals surface area contributed by atoms with Gasteiger partial charge in [-0.15, -0.1) is 0 Å². The molecule has 0 aliphatic heterocycles. The molecule has 3 aromatic carbocycles. The zero-order valence-electron chi connectivity index (χ0n) is 16.8. The number of benzene rings is 3. The summed E-state index contributed by atoms with van der Waals surface area (Å²) < 4.78 is 9.19. The summed E-state index contributed by atoms with van der Waals surface area (Å²) in [7, 11) is 0. The summed E-state index contributed by atoms with van der Waals surface area (Å²) in [5.74, 6) is 0.380. The number of aliphatic hydroxyl groups is 1. The Morgan fingerprint density at radius 1 is 0.839 bits per heavy atom. The van der Waals surface area contributed by atoms with Crippen LogP contribution in [0.2, 0.25) is 0 Å². The first kappa shape index (κ1) is 19.1. The fraction of sp³-hybridized carbons (Fsp3) is 0.120. The van der Waals surface area contributed by atoms with Crippen molar-refractivity contribution < 1.29 is 9.63 Å². The maximum absolute atomic E-state index is 10.9. The number of hydrogen-bond donors (Lipinski definition) is 2. The standard InChI is InChI=1S/C25H22N4O2/c26-25-28(16-18-9-3-1-4-10-18)21-13-7-8-14-22(21)29(25)17-23(30)24-15-20(27-31-24)19-11-5-2-6-12-19/h1-15,23,26,30H,16-17H2. The fourth-order valence-electron chi connectivity index (χ4n) is 3.86. The summed E-state index contributed by atoms with van der Waals surface area (Å²) in [6, 6.07) is 29.4. The Hall–Kier alpha value is -3.90. The van der Waals surface area contributed by atoms with Crippen LogP contribution >= 0.6 is 0 Å². The Balaban J connectivity index is 1.47. The first-order valence-electron chi connectivity index (χ1n) is 10.2. The van der Waals surface area contributed by atoms with Gasteiger partial charge in [-0.1, -0.05) is 78.0 Å². The first-order chi connectivity index (χ1) is 15.2. The van der Waals surface area contributed by atoms with Crippen LogP contribution in [0.25, 0.3) is 22.3 Å². The maximum atomic E-state index is 10.9. The van der Waals surface area contributed by atoms with E-state index in [4.69, 9.17) is 9.93 Å². The van der Waals surface area contributed by atoms with Gasteiger partial charge >= 0.3 is 0 Å². The summed E-state index contributed by atoms with van der Waals surface area (Å²) in [4.78, 5) is 0. The predicted molar refractivity (Wildman–Crippen MR) is 118 cm³/mol. The van der Waals surface area contributed by atoms with Gasteiger partial charge in [-0.25, -0.2) is 0 Å². The SMILES string of the molecule is N=c1n(Cc2ccccc2)c2ccccc2n1CC(O)c1cc(-c2ccccc2)no1. The number of aliphatic hydroxyl groups excluding tert-OH is 1. The molecule has 0 aliphatic rings. The average Bonchev–Trinajstić information content (AvgIpc) is 3.41. The molecule has 1 atom stereocenters. The molecule has 31 heavy (non-hydrogen) atoms. The van der Waals surface area contributed by atoms with Crippen LogP contribution in [0.15, 0.2) is 95.5 Å². The fourth-order valence-corrected chi connectivity index (χ4v) is 3.86. The van der Waals surface area contributed by atoms with Crippen molar-refractivity contribution >= 4 is 11.0 Å². The zero-order chi connectivity index (χ0) is 21.2. The molecule has 6 nitrogen and oxygen atoms in total. The van der Waals surface area contributed by atoms with E-state index in [1.54, 1.807) is 6.07 Å². The van der Waals surface area contributed by atoms with Gasteiger partial charge in [0.2, 0.25) is 5.62 Å². The summed E-state index contributed by atoms with van der Waals surface area (Å²) in [5, 5.41) is 23.8. The van der Waals surface area contributed by atoms with Crippen molar-refractivity contribution in [3.05, 3.63) is 108 Å². The number of imidazole rings is 1. The van der Waals surface area contributed by atoms with Gasteiger partial charge in [0.25, 0.3) is 0 Å². The predicted octanol–water partition coefficient (Wildman–Crippen LogP) is 4.36. The van der Waals surface area contributed by atoms with Crippen molar-refractivity contribution in [2.24, 2.45) is 0 Å². The van der Waals surface area contributed by atoms with E-state index in [1.807, 2.05) is 94.1 Å². The summed E-state index contributed by atoms with van der Waals surface area (Å²) >= 11 is 0. The quantitative estimate of drug-likeness (QED) is 0.436. The second kappa shape index (κ2) is 8.08. The third kappa shape index (κ3) is 3.69. The topological polar surface area (TPSA) is 80.0 Å². The van der Waals surface area contributed by atoms with Gasteiger partial charge in [0.15, 0.2) is 5.76 Å². The minimum Gasteiger partial charge on any atom is -0.383 e. The van der Waals surface area contributed by atoms with Crippen LogP contribution in [0.4, 0.5) is 0 Å². The number of nitrogens with zero attached hydrogens (tertiary/aromatic N) is 3. The van der Waals surface area contributed by atoms with Crippen molar-refractivity contribution in [3.63, 3.8) is 0 Å². The molecular formula is C25H22N4O2. The minimum atomic E-state index is -0.921. The molecule has 2 heterocycles. The number of rotatable bonds is 6. The summed E-state index contributed by atoms with van der Waals surface area (Å²) in [6.07, 6.45) is -0.921. The van der Waals surface area contributed by atoms with Gasteiger partial charge in [0, 0.05) is 11.6 Å². The number of nitrogens with one attached hydrogen (secondary N) is 1. The molecule has 1 unspecified atom stereocenters. The van der Waals surface area contributed by atoms with Crippen molar-refractivity contribution in [1.29, 1.82) is 5.41 Å². The number of aromatic nitrogens is 3. The molecule has 6 heteroatoms. The Labute approximate surface area is 179 Å². The van der Waals surface area contributed by atoms with Gasteiger partial charge < -0.3 is 18.8 Å². The number of hydrogen-bond acceptors (Lipinski definition) is 4. The van der Waals surface area contributed by atoms with Crippen LogP contribution in [0.1, 0.15) is 17.4 Å². The highest BCUT2D eigenvalue weighted by Crippen LogP contribution is 2.24. The van der Waals surface area contributed by atoms with Crippen LogP contribution < -0.4 is 5.62 Å². The highest BCUT2D eigenvalue weighted by molar-refractivity contribution is 5.76. The molecular weight excluding hydrogens is 388 g/mol. The maximum Gasteiger partial charge on any atom is 0.203 e. The summed E-state index contributed by atoms with van der Waals surface area (Å²) in [6.45, 7) is 0.786. The highest BCUT2D eigenvalue weighted by atomic mass is 16.5. The second-order valence-electron chi connectivity index (χ2n) is 7.49. The number of fused-ring (bicyclic) bond motifs is 1. The first-order valence-corrected chi connectivity index (χ1v) is 10.2. The number of para-hydroxylation sites is 2. The lowest BCUT2D eigenvalue weighted by atomic mass is 10.1. The van der Waals surface area contributed by atoms with E-state index in [-0.39, 0.29) is 6.54 Å². The average molecular weight is 410 g/mol. The monoisotopic (exact) mass is 410 g/mol. The Bertz CT molecular complexity index is 1370. The van der Waals surface area contributed by atoms with E-state index >= 15 is 0 Å². The van der Waals surface area contributed by atoms with Crippen LogP contribution in [-0.2, 0) is 13.1 Å². The summed E-state index contributed by atoms with van der Waals surface area (Å²) in [5.41, 5.74) is 4.89. The van der Waals surface area contributed by atoms with Crippen molar-refractivity contribution in [2.75, 3.05) is 0 Å². The molecule has 0 amide bonds. The second-order valence-corrected chi connectivity index (χ2v) is 7.49. The van der Waals surface area contributed by atoms with Gasteiger partial charge in [-0.3, -0.25) is 5.41 Å². The van der Waals surface area contributed by atoms with Crippen LogP contribution in [0.5, 0.6) is 0 Å². The zero-order valence-corrected chi connectivity index (χ0v) is 16.8. The molecule has 0 spiro atoms. The molecule has 5 aromatic rings. The highest BCUT2D eigenvalue weighted by Gasteiger charge is 2.19. The Kier molecular flexibility index (Phi) is 4.98. The molecule has 0 saturated carbocycles. The van der Waals surface area contributed by atoms with E-state index < -0.39 is 6.10 Å². The van der Waals surface area contributed by atoms with E-state index in [0.29, 0.717) is 23.6 Å². The van der Waals surface area contributed by atoms with Gasteiger partial charge in [0.05, 0.1) is 24.1 Å². The third-order valence-corrected chi connectivity index (χ3v) is 5.44. The van der Waals surface area contributed by atoms with Crippen LogP contribution in [-0.4, -0.2) is 19.4 Å². The van der Waals surface area contributed by atoms with Crippen molar-refractivity contribution in [2.45, 2.75) is 19.2 Å². The van der Waals surface area contributed by atoms with Crippen molar-refractivity contribution in [3.8, 4) is 11.3 Å². The van der Waals surface area contributed by atoms with Gasteiger partial charge in [-0.2, -0.15) is 0 Å². The normalized spacial score (nSPS) is 12.3. The molecule has 0 bridgehead atoms. The largest absolute Gasteiger partial charge is 0.383 e. The molecule has 0 radical (unpaired) electrons. The van der Waals surface area contributed by atoms with Gasteiger partial charge in [-0.05, 0) is 17.7 Å². The molecule has 2 N–H and O–H groups in total. The van der Waals surface area contributed by atoms with E-state index in [9.17, 15) is 5.11 Å². The van der Waals surface area contributed by atoms with E-state index in [1.165, 1.54) is 0 Å². The molecule has 5 rings (SSSR count). The minimum absolute atomic E-state index is 0.199. The molecule has 0 aliphatic carbocycles. The molecule has 0 fully saturated rings.